The van der Waals surface area contributed by atoms with Gasteiger partial charge in [-0.05, 0) is 117 Å². The van der Waals surface area contributed by atoms with E-state index in [1.54, 1.807) is 17.6 Å². The van der Waals surface area contributed by atoms with Crippen LogP contribution in [0.25, 0.3) is 5.57 Å². The molecule has 2 aromatic carbocycles. The van der Waals surface area contributed by atoms with Crippen molar-refractivity contribution in [2.45, 2.75) is 122 Å². The lowest BCUT2D eigenvalue weighted by atomic mass is 9.82. The maximum atomic E-state index is 14.3. The Morgan fingerprint density at radius 1 is 0.769 bits per heavy atom. The van der Waals surface area contributed by atoms with Crippen LogP contribution in [0, 0.1) is 0 Å². The Morgan fingerprint density at radius 3 is 2.38 bits per heavy atom. The minimum Gasteiger partial charge on any atom is -0.478 e. The number of carboxylic acids is 1. The van der Waals surface area contributed by atoms with Crippen molar-refractivity contribution in [3.05, 3.63) is 121 Å². The first-order valence-corrected chi connectivity index (χ1v) is 24.1. The molecule has 5 N–H and O–H groups in total. The average molecular weight is 881 g/mol. The largest absolute Gasteiger partial charge is 0.478 e. The van der Waals surface area contributed by atoms with Gasteiger partial charge in [-0.15, -0.1) is 0 Å². The molecule has 7 aliphatic rings. The molecule has 0 saturated carbocycles. The molecule has 0 unspecified atom stereocenters. The fourth-order valence-corrected chi connectivity index (χ4v) is 10.9. The molecule has 0 radical (unpaired) electrons. The van der Waals surface area contributed by atoms with Gasteiger partial charge in [0.1, 0.15) is 24.6 Å². The van der Waals surface area contributed by atoms with E-state index < -0.39 is 5.97 Å². The topological polar surface area (TPSA) is 160 Å². The standard InChI is InChI=1S/C53H61N5O7/c59-45(19-4-2-1-3-5-20-46(60)56-64)55-40-16-10-13-34(21-24-40)33-54-52(61)37-22-23-38(53(62)63)30-39(29-37)47-43-31-35-14-6-8-25-57-27-11-17-41(48(35)57)50(43)65-51-42-18-12-28-58-26-9-7-15-36(49(42)58)32-44(47)51/h10,13,21-24,29,31-32H,1-9,11-12,14-20,25-28,30,33H2,(H4-,54,55,56,59,60,61,62,63,64)/p+1. The van der Waals surface area contributed by atoms with Crippen LogP contribution >= 0.6 is 0 Å². The molecule has 9 rings (SSSR count). The van der Waals surface area contributed by atoms with Gasteiger partial charge in [0.2, 0.25) is 17.2 Å². The normalized spacial score (nSPS) is 18.5. The van der Waals surface area contributed by atoms with Gasteiger partial charge in [0.15, 0.2) is 0 Å². The van der Waals surface area contributed by atoms with Crippen molar-refractivity contribution in [3.63, 3.8) is 0 Å². The molecule has 5 heterocycles. The SMILES string of the molecule is O=C(CCCCCCCC(=O)NC1=CC=C(CNC(=O)C2=CC=C(C(=O)O)CC(C3=c4cc5c6c(c4Oc4c3cc3c7c4CCCN7CCCC3)CCC[N+]=6CCCC5)=C2)C=CC1)NO. The molecule has 0 atom stereocenters. The van der Waals surface area contributed by atoms with Crippen LogP contribution in [0.5, 0.6) is 11.5 Å². The van der Waals surface area contributed by atoms with Crippen LogP contribution in [0.1, 0.15) is 124 Å². The van der Waals surface area contributed by atoms with Gasteiger partial charge in [0.05, 0.1) is 5.56 Å². The van der Waals surface area contributed by atoms with Crippen LogP contribution < -0.4 is 40.9 Å². The van der Waals surface area contributed by atoms with E-state index >= 15 is 0 Å². The molecule has 0 fully saturated rings. The molecule has 12 nitrogen and oxygen atoms in total. The molecule has 65 heavy (non-hydrogen) atoms. The first-order chi connectivity index (χ1) is 31.7. The molecule has 3 amide bonds. The van der Waals surface area contributed by atoms with Crippen molar-refractivity contribution in [1.82, 2.24) is 20.7 Å². The van der Waals surface area contributed by atoms with E-state index in [2.05, 4.69) is 32.2 Å². The molecule has 0 bridgehead atoms. The van der Waals surface area contributed by atoms with Gasteiger partial charge >= 0.3 is 5.97 Å². The van der Waals surface area contributed by atoms with Gasteiger partial charge in [0.25, 0.3) is 5.91 Å². The van der Waals surface area contributed by atoms with Crippen LogP contribution in [-0.4, -0.2) is 66.7 Å². The van der Waals surface area contributed by atoms with E-state index in [-0.39, 0.29) is 36.3 Å². The van der Waals surface area contributed by atoms with E-state index in [9.17, 15) is 24.3 Å². The third-order valence-corrected chi connectivity index (χ3v) is 14.1. The average Bonchev–Trinajstić information content (AvgIpc) is 3.85. The predicted octanol–water partition coefficient (Wildman–Crippen LogP) is 6.36. The Hall–Kier alpha value is -6.01. The summed E-state index contributed by atoms with van der Waals surface area (Å²) in [7, 11) is 0. The number of aliphatic carboxylic acids is 1. The van der Waals surface area contributed by atoms with Crippen molar-refractivity contribution in [2.75, 3.05) is 37.6 Å². The molecular formula is C53H62N5O7+. The van der Waals surface area contributed by atoms with Crippen LogP contribution in [0.2, 0.25) is 0 Å². The van der Waals surface area contributed by atoms with E-state index in [1.165, 1.54) is 33.3 Å². The Bertz CT molecular complexity index is 2630. The lowest BCUT2D eigenvalue weighted by Gasteiger charge is -2.36. The number of carboxylic acid groups (broad SMARTS) is 1. The Labute approximate surface area is 380 Å². The zero-order chi connectivity index (χ0) is 44.9. The third kappa shape index (κ3) is 9.69. The number of nitrogens with zero attached hydrogens (tertiary/aromatic N) is 2. The number of benzene rings is 2. The number of anilines is 1. The molecular weight excluding hydrogens is 819 g/mol. The lowest BCUT2D eigenvalue weighted by Crippen LogP contribution is -2.41. The number of unbranched alkanes of at least 4 members (excludes halogenated alkanes) is 4. The highest BCUT2D eigenvalue weighted by molar-refractivity contribution is 6.01. The fraction of sp³-hybridized carbons (Fsp3) is 0.453. The predicted molar refractivity (Wildman–Crippen MR) is 250 cm³/mol. The molecule has 0 spiro atoms. The second-order valence-corrected chi connectivity index (χ2v) is 18.6. The van der Waals surface area contributed by atoms with E-state index in [0.717, 1.165) is 161 Å². The number of hydrogen-bond acceptors (Lipinski definition) is 7. The quantitative estimate of drug-likeness (QED) is 0.0635. The number of rotatable bonds is 14. The lowest BCUT2D eigenvalue weighted by molar-refractivity contribution is -0.133. The van der Waals surface area contributed by atoms with E-state index in [1.807, 2.05) is 30.4 Å². The Morgan fingerprint density at radius 2 is 1.54 bits per heavy atom. The number of hydrogen-bond donors (Lipinski definition) is 5. The highest BCUT2D eigenvalue weighted by atomic mass is 16.5. The summed E-state index contributed by atoms with van der Waals surface area (Å²) < 4.78 is 9.87. The molecule has 12 heteroatoms. The molecule has 5 aliphatic heterocycles. The molecule has 340 valence electrons. The minimum absolute atomic E-state index is 0.0487. The summed E-state index contributed by atoms with van der Waals surface area (Å²) >= 11 is 0. The second-order valence-electron chi connectivity index (χ2n) is 18.6. The first kappa shape index (κ1) is 44.2. The number of fused-ring (bicyclic) bond motifs is 4. The second kappa shape index (κ2) is 20.0. The van der Waals surface area contributed by atoms with Crippen LogP contribution in [0.15, 0.2) is 82.7 Å². The monoisotopic (exact) mass is 880 g/mol. The summed E-state index contributed by atoms with van der Waals surface area (Å²) in [6.07, 6.45) is 28.8. The van der Waals surface area contributed by atoms with Crippen LogP contribution in [0.3, 0.4) is 0 Å². The van der Waals surface area contributed by atoms with Gasteiger partial charge in [-0.25, -0.2) is 14.9 Å². The summed E-state index contributed by atoms with van der Waals surface area (Å²) in [5.74, 6) is 0.0636. The van der Waals surface area contributed by atoms with Crippen molar-refractivity contribution in [2.24, 2.45) is 0 Å². The van der Waals surface area contributed by atoms with Gasteiger partial charge in [-0.3, -0.25) is 19.6 Å². The Kier molecular flexibility index (Phi) is 13.6. The summed E-state index contributed by atoms with van der Waals surface area (Å²) in [6.45, 7) is 4.42. The number of nitrogens with one attached hydrogen (secondary N) is 3. The van der Waals surface area contributed by atoms with Crippen LogP contribution in [0.4, 0.5) is 5.69 Å². The summed E-state index contributed by atoms with van der Waals surface area (Å²) in [5, 5.41) is 27.7. The van der Waals surface area contributed by atoms with E-state index in [0.29, 0.717) is 31.3 Å². The summed E-state index contributed by atoms with van der Waals surface area (Å²) in [5.41, 5.74) is 13.2. The fourth-order valence-electron chi connectivity index (χ4n) is 10.9. The first-order valence-electron chi connectivity index (χ1n) is 24.1. The highest BCUT2D eigenvalue weighted by Crippen LogP contribution is 2.49. The molecule has 0 saturated heterocycles. The summed E-state index contributed by atoms with van der Waals surface area (Å²) in [4.78, 5) is 53.6. The maximum absolute atomic E-state index is 14.3. The number of carbonyl (C=O) groups excluding carboxylic acids is 3. The minimum atomic E-state index is -1.01. The Balaban J connectivity index is 1.01. The molecule has 2 aromatic rings. The number of ether oxygens (including phenoxy) is 1. The maximum Gasteiger partial charge on any atom is 0.331 e. The van der Waals surface area contributed by atoms with Crippen molar-refractivity contribution >= 4 is 35.0 Å². The number of carbonyl (C=O) groups is 4. The van der Waals surface area contributed by atoms with Gasteiger partial charge in [0, 0.05) is 103 Å². The number of aryl methyl sites for hydroxylation is 2. The van der Waals surface area contributed by atoms with E-state index in [4.69, 9.17) is 9.94 Å². The van der Waals surface area contributed by atoms with Crippen molar-refractivity contribution in [1.29, 1.82) is 0 Å². The third-order valence-electron chi connectivity index (χ3n) is 14.1. The smallest absolute Gasteiger partial charge is 0.331 e. The number of hydroxylamine groups is 1. The van der Waals surface area contributed by atoms with Crippen molar-refractivity contribution in [3.8, 4) is 11.5 Å². The number of allylic oxidation sites excluding steroid dienone is 6. The van der Waals surface area contributed by atoms with Crippen molar-refractivity contribution < 1.29 is 34.2 Å². The molecule has 0 aromatic heterocycles. The van der Waals surface area contributed by atoms with Gasteiger partial charge in [-0.1, -0.05) is 43.6 Å². The zero-order valence-electron chi connectivity index (χ0n) is 37.5. The van der Waals surface area contributed by atoms with Gasteiger partial charge < -0.3 is 25.4 Å². The number of amides is 3. The molecule has 2 aliphatic carbocycles. The van der Waals surface area contributed by atoms with Crippen LogP contribution in [-0.2, 0) is 44.9 Å². The zero-order valence-corrected chi connectivity index (χ0v) is 37.5. The highest BCUT2D eigenvalue weighted by Gasteiger charge is 2.36. The van der Waals surface area contributed by atoms with Gasteiger partial charge in [-0.2, -0.15) is 0 Å². The summed E-state index contributed by atoms with van der Waals surface area (Å²) in [6, 6.07) is 4.67.